The third kappa shape index (κ3) is 1.98. The zero-order chi connectivity index (χ0) is 11.0. The highest BCUT2D eigenvalue weighted by Gasteiger charge is 2.29. The molecule has 0 bridgehead atoms. The number of aliphatic hydroxyl groups is 1. The lowest BCUT2D eigenvalue weighted by Gasteiger charge is -2.20. The summed E-state index contributed by atoms with van der Waals surface area (Å²) in [6.45, 7) is 1.57. The van der Waals surface area contributed by atoms with Gasteiger partial charge in [-0.3, -0.25) is 0 Å². The van der Waals surface area contributed by atoms with Crippen LogP contribution in [0.5, 0.6) is 0 Å². The van der Waals surface area contributed by atoms with Gasteiger partial charge in [0.2, 0.25) is 0 Å². The van der Waals surface area contributed by atoms with Gasteiger partial charge in [-0.25, -0.2) is 0 Å². The maximum atomic E-state index is 10.1. The topological polar surface area (TPSA) is 44.3 Å². The van der Waals surface area contributed by atoms with Crippen LogP contribution < -0.4 is 10.6 Å². The molecule has 0 saturated heterocycles. The van der Waals surface area contributed by atoms with Crippen molar-refractivity contribution in [2.45, 2.75) is 37.6 Å². The highest BCUT2D eigenvalue weighted by molar-refractivity contribution is 5.34. The summed E-state index contributed by atoms with van der Waals surface area (Å²) in [6.07, 6.45) is 2.20. The van der Waals surface area contributed by atoms with Crippen LogP contribution in [0, 0.1) is 0 Å². The molecule has 0 aromatic heterocycles. The molecule has 1 fully saturated rings. The molecule has 1 saturated carbocycles. The lowest BCUT2D eigenvalue weighted by Crippen LogP contribution is -2.36. The van der Waals surface area contributed by atoms with Gasteiger partial charge in [-0.15, -0.1) is 0 Å². The molecular formula is C13H18N2O. The summed E-state index contributed by atoms with van der Waals surface area (Å²) < 4.78 is 0. The van der Waals surface area contributed by atoms with Crippen LogP contribution >= 0.6 is 0 Å². The van der Waals surface area contributed by atoms with E-state index < -0.39 is 0 Å². The molecule has 1 aromatic rings. The zero-order valence-corrected chi connectivity index (χ0v) is 9.32. The first-order valence-corrected chi connectivity index (χ1v) is 6.07. The summed E-state index contributed by atoms with van der Waals surface area (Å²) in [7, 11) is 0. The highest BCUT2D eigenvalue weighted by Crippen LogP contribution is 2.27. The van der Waals surface area contributed by atoms with Crippen LogP contribution in [-0.4, -0.2) is 23.8 Å². The molecule has 0 radical (unpaired) electrons. The van der Waals surface area contributed by atoms with E-state index in [-0.39, 0.29) is 12.1 Å². The molecule has 1 aliphatic heterocycles. The van der Waals surface area contributed by atoms with Crippen molar-refractivity contribution in [1.29, 1.82) is 0 Å². The summed E-state index contributed by atoms with van der Waals surface area (Å²) in [5, 5.41) is 16.9. The summed E-state index contributed by atoms with van der Waals surface area (Å²) >= 11 is 0. The van der Waals surface area contributed by atoms with Gasteiger partial charge in [0.1, 0.15) is 0 Å². The van der Waals surface area contributed by atoms with E-state index in [2.05, 4.69) is 28.8 Å². The summed E-state index contributed by atoms with van der Waals surface area (Å²) in [6, 6.07) is 9.09. The fourth-order valence-electron chi connectivity index (χ4n) is 2.36. The van der Waals surface area contributed by atoms with Gasteiger partial charge in [0, 0.05) is 19.1 Å². The second-order valence-electron chi connectivity index (χ2n) is 4.81. The van der Waals surface area contributed by atoms with E-state index >= 15 is 0 Å². The van der Waals surface area contributed by atoms with Gasteiger partial charge >= 0.3 is 0 Å². The van der Waals surface area contributed by atoms with E-state index in [4.69, 9.17) is 0 Å². The Bertz CT molecular complexity index is 376. The molecule has 1 heterocycles. The molecule has 1 aliphatic carbocycles. The van der Waals surface area contributed by atoms with Crippen molar-refractivity contribution in [1.82, 2.24) is 10.6 Å². The lowest BCUT2D eigenvalue weighted by molar-refractivity contribution is 0.130. The second-order valence-corrected chi connectivity index (χ2v) is 4.81. The molecule has 3 nitrogen and oxygen atoms in total. The van der Waals surface area contributed by atoms with Crippen LogP contribution in [0.4, 0.5) is 0 Å². The van der Waals surface area contributed by atoms with Crippen LogP contribution in [-0.2, 0) is 6.54 Å². The summed E-state index contributed by atoms with van der Waals surface area (Å²) in [5.74, 6) is 0. The molecule has 0 amide bonds. The minimum atomic E-state index is -0.329. The molecule has 3 rings (SSSR count). The van der Waals surface area contributed by atoms with Crippen LogP contribution in [0.3, 0.4) is 0 Å². The predicted octanol–water partition coefficient (Wildman–Crippen LogP) is 0.944. The second kappa shape index (κ2) is 4.17. The minimum absolute atomic E-state index is 0.0995. The van der Waals surface area contributed by atoms with Gasteiger partial charge in [0.05, 0.1) is 12.1 Å². The normalized spacial score (nSPS) is 25.4. The Kier molecular flexibility index (Phi) is 2.67. The largest absolute Gasteiger partial charge is 0.390 e. The van der Waals surface area contributed by atoms with Gasteiger partial charge in [-0.2, -0.15) is 0 Å². The molecule has 3 N–H and O–H groups in total. The van der Waals surface area contributed by atoms with Crippen LogP contribution in [0.1, 0.15) is 30.0 Å². The van der Waals surface area contributed by atoms with Crippen molar-refractivity contribution in [3.63, 3.8) is 0 Å². The van der Waals surface area contributed by atoms with E-state index in [9.17, 15) is 5.11 Å². The van der Waals surface area contributed by atoms with Crippen molar-refractivity contribution in [2.24, 2.45) is 0 Å². The molecule has 1 aromatic carbocycles. The summed E-state index contributed by atoms with van der Waals surface area (Å²) in [4.78, 5) is 0. The Balaban J connectivity index is 1.66. The van der Waals surface area contributed by atoms with Gasteiger partial charge in [0.15, 0.2) is 0 Å². The third-order valence-corrected chi connectivity index (χ3v) is 3.48. The predicted molar refractivity (Wildman–Crippen MR) is 63.1 cm³/mol. The standard InChI is InChI=1S/C13H18N2O/c16-12(8-14-10-5-6-10)13-11-4-2-1-3-9(11)7-15-13/h1-4,10,12-16H,5-8H2. The molecule has 2 aliphatic rings. The fraction of sp³-hybridized carbons (Fsp3) is 0.538. The first kappa shape index (κ1) is 10.3. The van der Waals surface area contributed by atoms with Gasteiger partial charge in [0.25, 0.3) is 0 Å². The van der Waals surface area contributed by atoms with E-state index in [0.29, 0.717) is 12.6 Å². The smallest absolute Gasteiger partial charge is 0.0859 e. The van der Waals surface area contributed by atoms with Crippen LogP contribution in [0.25, 0.3) is 0 Å². The van der Waals surface area contributed by atoms with E-state index in [1.54, 1.807) is 0 Å². The maximum Gasteiger partial charge on any atom is 0.0859 e. The zero-order valence-electron chi connectivity index (χ0n) is 9.32. The number of hydrogen-bond acceptors (Lipinski definition) is 3. The lowest BCUT2D eigenvalue weighted by atomic mass is 10.0. The van der Waals surface area contributed by atoms with Crippen molar-refractivity contribution in [3.05, 3.63) is 35.4 Å². The Labute approximate surface area is 95.9 Å². The summed E-state index contributed by atoms with van der Waals surface area (Å²) in [5.41, 5.74) is 2.57. The van der Waals surface area contributed by atoms with E-state index in [1.165, 1.54) is 24.0 Å². The number of rotatable bonds is 4. The van der Waals surface area contributed by atoms with Crippen molar-refractivity contribution in [3.8, 4) is 0 Å². The maximum absolute atomic E-state index is 10.1. The van der Waals surface area contributed by atoms with Crippen LogP contribution in [0.2, 0.25) is 0 Å². The monoisotopic (exact) mass is 218 g/mol. The molecule has 16 heavy (non-hydrogen) atoms. The van der Waals surface area contributed by atoms with Gasteiger partial charge < -0.3 is 15.7 Å². The third-order valence-electron chi connectivity index (χ3n) is 3.48. The molecule has 0 spiro atoms. The highest BCUT2D eigenvalue weighted by atomic mass is 16.3. The Morgan fingerprint density at radius 3 is 3.00 bits per heavy atom. The van der Waals surface area contributed by atoms with Crippen molar-refractivity contribution < 1.29 is 5.11 Å². The Hall–Kier alpha value is -0.900. The first-order valence-electron chi connectivity index (χ1n) is 6.07. The van der Waals surface area contributed by atoms with Crippen molar-refractivity contribution >= 4 is 0 Å². The number of aliphatic hydroxyl groups excluding tert-OH is 1. The molecule has 3 heteroatoms. The number of nitrogens with one attached hydrogen (secondary N) is 2. The van der Waals surface area contributed by atoms with Crippen LogP contribution in [0.15, 0.2) is 24.3 Å². The number of fused-ring (bicyclic) bond motifs is 1. The van der Waals surface area contributed by atoms with E-state index in [1.807, 2.05) is 6.07 Å². The quantitative estimate of drug-likeness (QED) is 0.705. The average Bonchev–Trinajstić information content (AvgIpc) is 3.04. The number of benzene rings is 1. The average molecular weight is 218 g/mol. The molecule has 2 atom stereocenters. The van der Waals surface area contributed by atoms with E-state index in [0.717, 1.165) is 6.54 Å². The molecule has 86 valence electrons. The molecular weight excluding hydrogens is 200 g/mol. The SMILES string of the molecule is OC(CNC1CC1)C1NCc2ccccc21. The fourth-order valence-corrected chi connectivity index (χ4v) is 2.36. The van der Waals surface area contributed by atoms with Crippen molar-refractivity contribution in [2.75, 3.05) is 6.54 Å². The van der Waals surface area contributed by atoms with Gasteiger partial charge in [-0.05, 0) is 24.0 Å². The van der Waals surface area contributed by atoms with Gasteiger partial charge in [-0.1, -0.05) is 24.3 Å². The molecule has 2 unspecified atom stereocenters. The number of hydrogen-bond donors (Lipinski definition) is 3. The minimum Gasteiger partial charge on any atom is -0.390 e. The Morgan fingerprint density at radius 2 is 2.19 bits per heavy atom. The first-order chi connectivity index (χ1) is 7.84. The Morgan fingerprint density at radius 1 is 1.38 bits per heavy atom.